The summed E-state index contributed by atoms with van der Waals surface area (Å²) in [4.78, 5) is 49.5. The third-order valence-electron chi connectivity index (χ3n) is 4.28. The number of rotatable bonds is 3. The van der Waals surface area contributed by atoms with E-state index in [2.05, 4.69) is 9.84 Å². The van der Waals surface area contributed by atoms with E-state index in [1.54, 1.807) is 0 Å². The van der Waals surface area contributed by atoms with Crippen LogP contribution in [0.2, 0.25) is 0 Å². The van der Waals surface area contributed by atoms with Gasteiger partial charge in [-0.25, -0.2) is 9.59 Å². The van der Waals surface area contributed by atoms with Gasteiger partial charge in [0.1, 0.15) is 6.17 Å². The van der Waals surface area contributed by atoms with E-state index in [4.69, 9.17) is 18.6 Å². The highest BCUT2D eigenvalue weighted by Crippen LogP contribution is 2.23. The maximum atomic E-state index is 12.8. The molecule has 0 saturated carbocycles. The van der Waals surface area contributed by atoms with Crippen molar-refractivity contribution in [2.45, 2.75) is 19.7 Å². The third kappa shape index (κ3) is 3.13. The largest absolute Gasteiger partial charge is 0.519 e. The van der Waals surface area contributed by atoms with Crippen molar-refractivity contribution in [1.29, 1.82) is 0 Å². The van der Waals surface area contributed by atoms with Crippen molar-refractivity contribution in [2.24, 2.45) is 0 Å². The van der Waals surface area contributed by atoms with Gasteiger partial charge in [-0.15, -0.1) is 0 Å². The fourth-order valence-corrected chi connectivity index (χ4v) is 2.92. The zero-order valence-corrected chi connectivity index (χ0v) is 14.6. The zero-order valence-electron chi connectivity index (χ0n) is 14.6. The lowest BCUT2D eigenvalue weighted by molar-refractivity contribution is -0.00325. The first-order valence-corrected chi connectivity index (χ1v) is 8.29. The highest BCUT2D eigenvalue weighted by Gasteiger charge is 2.37. The summed E-state index contributed by atoms with van der Waals surface area (Å²) >= 11 is 0. The van der Waals surface area contributed by atoms with Gasteiger partial charge in [0.2, 0.25) is 11.2 Å². The molecule has 0 bridgehead atoms. The number of nitrogens with zero attached hydrogens (tertiary/aromatic N) is 2. The first-order chi connectivity index (χ1) is 13.4. The molecule has 4 rings (SSSR count). The Kier molecular flexibility index (Phi) is 4.39. The van der Waals surface area contributed by atoms with Crippen LogP contribution in [0, 0.1) is 6.92 Å². The van der Waals surface area contributed by atoms with E-state index in [1.165, 1.54) is 22.7 Å². The summed E-state index contributed by atoms with van der Waals surface area (Å²) in [5.41, 5.74) is 2.20. The van der Waals surface area contributed by atoms with Gasteiger partial charge in [0.05, 0.1) is 13.2 Å². The Balaban J connectivity index is 1.56. The summed E-state index contributed by atoms with van der Waals surface area (Å²) in [7, 11) is 0. The Morgan fingerprint density at radius 2 is 2.14 bits per heavy atom. The molecule has 1 saturated heterocycles. The molecule has 148 valence electrons. The lowest BCUT2D eigenvalue weighted by Crippen LogP contribution is -2.59. The summed E-state index contributed by atoms with van der Waals surface area (Å²) < 4.78 is 25.8. The van der Waals surface area contributed by atoms with Crippen molar-refractivity contribution in [3.8, 4) is 5.75 Å². The number of hydrogen-bond donors (Lipinski definition) is 1. The molecule has 2 aromatic rings. The van der Waals surface area contributed by atoms with Crippen LogP contribution in [0.25, 0.3) is 0 Å². The number of nitrogens with one attached hydrogen (secondary N) is 1. The van der Waals surface area contributed by atoms with Crippen LogP contribution in [0.1, 0.15) is 22.0 Å². The van der Waals surface area contributed by atoms with Gasteiger partial charge in [-0.05, 0) is 6.92 Å². The molecule has 1 amide bonds. The molecule has 1 N–H and O–H groups in total. The lowest BCUT2D eigenvalue weighted by Gasteiger charge is -2.41. The number of aromatic nitrogens is 1. The van der Waals surface area contributed by atoms with Crippen LogP contribution in [0.3, 0.4) is 0 Å². The van der Waals surface area contributed by atoms with Crippen LogP contribution < -0.4 is 21.4 Å². The molecule has 2 aliphatic rings. The minimum atomic E-state index is -1.24. The highest BCUT2D eigenvalue weighted by molar-refractivity contribution is 5.97. The molecule has 0 aliphatic carbocycles. The number of hydrogen-bond acceptors (Lipinski definition) is 10. The molecule has 2 aliphatic heterocycles. The van der Waals surface area contributed by atoms with Crippen LogP contribution in [0.15, 0.2) is 30.7 Å². The first-order valence-electron chi connectivity index (χ1n) is 8.29. The number of ether oxygens (including phenoxy) is 3. The van der Waals surface area contributed by atoms with E-state index < -0.39 is 41.8 Å². The van der Waals surface area contributed by atoms with E-state index in [-0.39, 0.29) is 23.8 Å². The Bertz CT molecular complexity index is 1050. The number of fused-ring (bicyclic) bond motifs is 2. The van der Waals surface area contributed by atoms with Gasteiger partial charge in [0.25, 0.3) is 5.91 Å². The SMILES string of the molecule is Cc1oc(=O)oc1COC(=O)Oc1c2n(ccc1=O)NC1COCCN1C2=O. The van der Waals surface area contributed by atoms with Crippen LogP contribution in [-0.4, -0.2) is 47.6 Å². The lowest BCUT2D eigenvalue weighted by atomic mass is 10.2. The van der Waals surface area contributed by atoms with E-state index >= 15 is 0 Å². The van der Waals surface area contributed by atoms with Crippen molar-refractivity contribution in [3.05, 3.63) is 50.3 Å². The van der Waals surface area contributed by atoms with Gasteiger partial charge in [0, 0.05) is 18.8 Å². The molecule has 0 radical (unpaired) electrons. The van der Waals surface area contributed by atoms with Crippen molar-refractivity contribution in [3.63, 3.8) is 0 Å². The molecule has 1 unspecified atom stereocenters. The number of carbonyl (C=O) groups is 2. The Morgan fingerprint density at radius 1 is 1.32 bits per heavy atom. The Labute approximate surface area is 156 Å². The topological polar surface area (TPSA) is 142 Å². The van der Waals surface area contributed by atoms with Gasteiger partial charge in [-0.2, -0.15) is 0 Å². The molecular weight excluding hydrogens is 378 g/mol. The normalized spacial score (nSPS) is 18.1. The molecule has 0 spiro atoms. The van der Waals surface area contributed by atoms with Crippen LogP contribution in [-0.2, 0) is 16.1 Å². The number of morpholine rings is 1. The van der Waals surface area contributed by atoms with Gasteiger partial charge in [0.15, 0.2) is 23.8 Å². The van der Waals surface area contributed by atoms with Crippen LogP contribution >= 0.6 is 0 Å². The minimum Gasteiger partial charge on any atom is -0.426 e. The third-order valence-corrected chi connectivity index (χ3v) is 4.28. The second kappa shape index (κ2) is 6.88. The monoisotopic (exact) mass is 393 g/mol. The minimum absolute atomic E-state index is 0.00247. The van der Waals surface area contributed by atoms with E-state index in [1.807, 2.05) is 0 Å². The summed E-state index contributed by atoms with van der Waals surface area (Å²) in [5.74, 6) is -1.74. The van der Waals surface area contributed by atoms with E-state index in [0.717, 1.165) is 6.07 Å². The fourth-order valence-electron chi connectivity index (χ4n) is 2.92. The van der Waals surface area contributed by atoms with Crippen molar-refractivity contribution in [2.75, 3.05) is 25.2 Å². The van der Waals surface area contributed by atoms with Gasteiger partial charge >= 0.3 is 12.0 Å². The molecule has 2 aromatic heterocycles. The van der Waals surface area contributed by atoms with Gasteiger partial charge in [-0.3, -0.25) is 14.3 Å². The summed E-state index contributed by atoms with van der Waals surface area (Å²) in [6, 6.07) is 1.14. The smallest absolute Gasteiger partial charge is 0.426 e. The Morgan fingerprint density at radius 3 is 2.89 bits per heavy atom. The van der Waals surface area contributed by atoms with Gasteiger partial charge < -0.3 is 33.4 Å². The molecule has 1 atom stereocenters. The summed E-state index contributed by atoms with van der Waals surface area (Å²) in [6.07, 6.45) is -0.280. The number of aryl methyl sites for hydroxylation is 1. The first kappa shape index (κ1) is 17.9. The van der Waals surface area contributed by atoms with E-state index in [9.17, 15) is 19.2 Å². The predicted octanol–water partition coefficient (Wildman–Crippen LogP) is -0.226. The standard InChI is InChI=1S/C16H15N3O9/c1-8-10(27-16(23)26-8)6-25-15(22)28-13-9(20)2-3-19-12(13)14(21)18-4-5-24-7-11(18)17-19/h2-3,11,17H,4-7H2,1H3. The van der Waals surface area contributed by atoms with Crippen LogP contribution in [0.5, 0.6) is 5.75 Å². The molecule has 12 nitrogen and oxygen atoms in total. The summed E-state index contributed by atoms with van der Waals surface area (Å²) in [5, 5.41) is 0. The van der Waals surface area contributed by atoms with Crippen LogP contribution in [0.4, 0.5) is 4.79 Å². The number of carbonyl (C=O) groups excluding carboxylic acids is 2. The maximum absolute atomic E-state index is 12.8. The molecule has 0 aromatic carbocycles. The van der Waals surface area contributed by atoms with Crippen molar-refractivity contribution < 1.29 is 32.6 Å². The molecule has 12 heteroatoms. The average molecular weight is 393 g/mol. The maximum Gasteiger partial charge on any atom is 0.519 e. The average Bonchev–Trinajstić information content (AvgIpc) is 3.00. The molecular formula is C16H15N3O9. The highest BCUT2D eigenvalue weighted by atomic mass is 16.7. The number of amides is 1. The fraction of sp³-hybridized carbons (Fsp3) is 0.375. The van der Waals surface area contributed by atoms with E-state index in [0.29, 0.717) is 13.2 Å². The molecule has 28 heavy (non-hydrogen) atoms. The Hall–Kier alpha value is -3.54. The molecule has 4 heterocycles. The molecule has 1 fully saturated rings. The zero-order chi connectivity index (χ0) is 19.8. The van der Waals surface area contributed by atoms with Gasteiger partial charge in [-0.1, -0.05) is 0 Å². The van der Waals surface area contributed by atoms with Crippen molar-refractivity contribution in [1.82, 2.24) is 9.58 Å². The quantitative estimate of drug-likeness (QED) is 0.695. The second-order valence-corrected chi connectivity index (χ2v) is 6.02. The predicted molar refractivity (Wildman–Crippen MR) is 88.5 cm³/mol. The number of pyridine rings is 1. The second-order valence-electron chi connectivity index (χ2n) is 6.02. The summed E-state index contributed by atoms with van der Waals surface area (Å²) in [6.45, 7) is 1.98. The van der Waals surface area contributed by atoms with Crippen molar-refractivity contribution >= 4 is 12.1 Å².